The summed E-state index contributed by atoms with van der Waals surface area (Å²) >= 11 is 0. The highest BCUT2D eigenvalue weighted by Crippen LogP contribution is 2.13. The standard InChI is InChI=1S/C14H14N2O3/c1-3-19-14(18)13-11(9-17)8-16(15-13)12-6-4-10(2)5-7-12/h4-9H,3H2,1-2H3. The molecule has 1 aromatic heterocycles. The lowest BCUT2D eigenvalue weighted by Gasteiger charge is -2.01. The first-order valence-corrected chi connectivity index (χ1v) is 5.94. The molecule has 0 atom stereocenters. The van der Waals surface area contributed by atoms with E-state index in [4.69, 9.17) is 4.74 Å². The summed E-state index contributed by atoms with van der Waals surface area (Å²) < 4.78 is 6.36. The Bertz CT molecular complexity index is 600. The van der Waals surface area contributed by atoms with Crippen LogP contribution >= 0.6 is 0 Å². The first-order chi connectivity index (χ1) is 9.15. The van der Waals surface area contributed by atoms with Crippen molar-refractivity contribution in [3.8, 4) is 5.69 Å². The summed E-state index contributed by atoms with van der Waals surface area (Å²) in [5, 5.41) is 4.11. The lowest BCUT2D eigenvalue weighted by atomic mass is 10.2. The first kappa shape index (κ1) is 13.0. The van der Waals surface area contributed by atoms with E-state index in [-0.39, 0.29) is 17.9 Å². The van der Waals surface area contributed by atoms with Crippen LogP contribution in [0.15, 0.2) is 30.5 Å². The minimum Gasteiger partial charge on any atom is -0.461 e. The average Bonchev–Trinajstić information content (AvgIpc) is 2.84. The summed E-state index contributed by atoms with van der Waals surface area (Å²) in [7, 11) is 0. The van der Waals surface area contributed by atoms with E-state index in [0.29, 0.717) is 6.29 Å². The second kappa shape index (κ2) is 5.48. The Labute approximate surface area is 110 Å². The predicted molar refractivity (Wildman–Crippen MR) is 69.6 cm³/mol. The zero-order chi connectivity index (χ0) is 13.8. The topological polar surface area (TPSA) is 61.2 Å². The van der Waals surface area contributed by atoms with Crippen molar-refractivity contribution in [1.29, 1.82) is 0 Å². The molecule has 0 saturated carbocycles. The van der Waals surface area contributed by atoms with Crippen molar-refractivity contribution in [3.05, 3.63) is 47.3 Å². The molecule has 5 heteroatoms. The number of hydrogen-bond donors (Lipinski definition) is 0. The van der Waals surface area contributed by atoms with Gasteiger partial charge in [-0.3, -0.25) is 4.79 Å². The number of carbonyl (C=O) groups excluding carboxylic acids is 2. The number of ether oxygens (including phenoxy) is 1. The van der Waals surface area contributed by atoms with E-state index in [2.05, 4.69) is 5.10 Å². The van der Waals surface area contributed by atoms with Crippen LogP contribution in [-0.4, -0.2) is 28.6 Å². The van der Waals surface area contributed by atoms with Crippen molar-refractivity contribution in [2.75, 3.05) is 6.61 Å². The Morgan fingerprint density at radius 1 is 1.37 bits per heavy atom. The number of rotatable bonds is 4. The molecule has 0 fully saturated rings. The summed E-state index contributed by atoms with van der Waals surface area (Å²) in [5.41, 5.74) is 2.16. The van der Waals surface area contributed by atoms with Crippen LogP contribution in [0.2, 0.25) is 0 Å². The number of aryl methyl sites for hydroxylation is 1. The number of aldehydes is 1. The molecule has 0 amide bonds. The number of aromatic nitrogens is 2. The highest BCUT2D eigenvalue weighted by molar-refractivity contribution is 5.96. The van der Waals surface area contributed by atoms with Crippen LogP contribution in [0, 0.1) is 6.92 Å². The SMILES string of the molecule is CCOC(=O)c1nn(-c2ccc(C)cc2)cc1C=O. The third-order valence-corrected chi connectivity index (χ3v) is 2.64. The van der Waals surface area contributed by atoms with Gasteiger partial charge in [0.2, 0.25) is 0 Å². The van der Waals surface area contributed by atoms with Gasteiger partial charge >= 0.3 is 5.97 Å². The van der Waals surface area contributed by atoms with Gasteiger partial charge in [-0.1, -0.05) is 17.7 Å². The van der Waals surface area contributed by atoms with E-state index in [9.17, 15) is 9.59 Å². The van der Waals surface area contributed by atoms with E-state index in [1.165, 1.54) is 10.9 Å². The molecule has 0 unspecified atom stereocenters. The summed E-state index contributed by atoms with van der Waals surface area (Å²) in [5.74, 6) is -0.588. The Kier molecular flexibility index (Phi) is 3.75. The minimum atomic E-state index is -0.588. The fourth-order valence-electron chi connectivity index (χ4n) is 1.66. The second-order valence-electron chi connectivity index (χ2n) is 4.05. The molecule has 1 heterocycles. The Balaban J connectivity index is 2.40. The van der Waals surface area contributed by atoms with Crippen molar-refractivity contribution in [2.45, 2.75) is 13.8 Å². The van der Waals surface area contributed by atoms with Crippen LogP contribution in [0.1, 0.15) is 33.3 Å². The monoisotopic (exact) mass is 258 g/mol. The van der Waals surface area contributed by atoms with Crippen molar-refractivity contribution in [3.63, 3.8) is 0 Å². The fourth-order valence-corrected chi connectivity index (χ4v) is 1.66. The van der Waals surface area contributed by atoms with Gasteiger partial charge in [0.15, 0.2) is 12.0 Å². The van der Waals surface area contributed by atoms with Gasteiger partial charge in [-0.2, -0.15) is 5.10 Å². The summed E-state index contributed by atoms with van der Waals surface area (Å²) in [6, 6.07) is 7.60. The van der Waals surface area contributed by atoms with Crippen LogP contribution in [0.5, 0.6) is 0 Å². The van der Waals surface area contributed by atoms with Crippen LogP contribution in [-0.2, 0) is 4.74 Å². The third kappa shape index (κ3) is 2.70. The predicted octanol–water partition coefficient (Wildman–Crippen LogP) is 2.17. The molecule has 0 N–H and O–H groups in total. The molecule has 1 aromatic carbocycles. The molecular formula is C14H14N2O3. The van der Waals surface area contributed by atoms with E-state index in [1.54, 1.807) is 6.92 Å². The number of carbonyl (C=O) groups is 2. The molecule has 19 heavy (non-hydrogen) atoms. The summed E-state index contributed by atoms with van der Waals surface area (Å²) in [6.07, 6.45) is 2.12. The lowest BCUT2D eigenvalue weighted by molar-refractivity contribution is 0.0517. The van der Waals surface area contributed by atoms with Gasteiger partial charge in [0.1, 0.15) is 0 Å². The van der Waals surface area contributed by atoms with Crippen LogP contribution in [0.25, 0.3) is 5.69 Å². The molecule has 98 valence electrons. The lowest BCUT2D eigenvalue weighted by Crippen LogP contribution is -2.08. The van der Waals surface area contributed by atoms with Crippen LogP contribution < -0.4 is 0 Å². The average molecular weight is 258 g/mol. The maximum atomic E-state index is 11.7. The molecule has 0 aliphatic rings. The van der Waals surface area contributed by atoms with Crippen molar-refractivity contribution in [1.82, 2.24) is 9.78 Å². The second-order valence-corrected chi connectivity index (χ2v) is 4.05. The quantitative estimate of drug-likeness (QED) is 0.623. The van der Waals surface area contributed by atoms with Crippen molar-refractivity contribution >= 4 is 12.3 Å². The highest BCUT2D eigenvalue weighted by atomic mass is 16.5. The van der Waals surface area contributed by atoms with Gasteiger partial charge in [-0.05, 0) is 26.0 Å². The molecular weight excluding hydrogens is 244 g/mol. The summed E-state index contributed by atoms with van der Waals surface area (Å²) in [4.78, 5) is 22.6. The zero-order valence-corrected chi connectivity index (χ0v) is 10.8. The van der Waals surface area contributed by atoms with E-state index >= 15 is 0 Å². The van der Waals surface area contributed by atoms with Crippen molar-refractivity contribution in [2.24, 2.45) is 0 Å². The molecule has 0 spiro atoms. The molecule has 0 bridgehead atoms. The molecule has 2 aromatic rings. The number of nitrogens with zero attached hydrogens (tertiary/aromatic N) is 2. The minimum absolute atomic E-state index is 0.0393. The maximum absolute atomic E-state index is 11.7. The van der Waals surface area contributed by atoms with Crippen LogP contribution in [0.4, 0.5) is 0 Å². The third-order valence-electron chi connectivity index (χ3n) is 2.64. The Morgan fingerprint density at radius 3 is 2.63 bits per heavy atom. The van der Waals surface area contributed by atoms with Gasteiger partial charge < -0.3 is 4.74 Å². The fraction of sp³-hybridized carbons (Fsp3) is 0.214. The molecule has 0 aliphatic heterocycles. The smallest absolute Gasteiger partial charge is 0.359 e. The van der Waals surface area contributed by atoms with E-state index < -0.39 is 5.97 Å². The van der Waals surface area contributed by atoms with Gasteiger partial charge in [-0.15, -0.1) is 0 Å². The molecule has 0 saturated heterocycles. The molecule has 5 nitrogen and oxygen atoms in total. The van der Waals surface area contributed by atoms with Gasteiger partial charge in [0, 0.05) is 6.20 Å². The van der Waals surface area contributed by atoms with Gasteiger partial charge in [-0.25, -0.2) is 9.48 Å². The van der Waals surface area contributed by atoms with Gasteiger partial charge in [0.25, 0.3) is 0 Å². The highest BCUT2D eigenvalue weighted by Gasteiger charge is 2.17. The number of hydrogen-bond acceptors (Lipinski definition) is 4. The van der Waals surface area contributed by atoms with E-state index in [0.717, 1.165) is 11.3 Å². The first-order valence-electron chi connectivity index (χ1n) is 5.94. The number of esters is 1. The summed E-state index contributed by atoms with van der Waals surface area (Å²) in [6.45, 7) is 3.93. The van der Waals surface area contributed by atoms with Crippen molar-refractivity contribution < 1.29 is 14.3 Å². The number of benzene rings is 1. The van der Waals surface area contributed by atoms with Gasteiger partial charge in [0.05, 0.1) is 17.9 Å². The molecule has 0 radical (unpaired) electrons. The molecule has 0 aliphatic carbocycles. The zero-order valence-electron chi connectivity index (χ0n) is 10.8. The maximum Gasteiger partial charge on any atom is 0.359 e. The normalized spacial score (nSPS) is 10.2. The van der Waals surface area contributed by atoms with Crippen LogP contribution in [0.3, 0.4) is 0 Å². The van der Waals surface area contributed by atoms with E-state index in [1.807, 2.05) is 31.2 Å². The molecule has 2 rings (SSSR count). The largest absolute Gasteiger partial charge is 0.461 e. The Morgan fingerprint density at radius 2 is 2.05 bits per heavy atom. The Hall–Kier alpha value is -2.43.